The number of carbonyl (C=O) groups is 4. The molecule has 13 nitrogen and oxygen atoms in total. The van der Waals surface area contributed by atoms with Crippen molar-refractivity contribution >= 4 is 52.3 Å². The SMILES string of the molecule is [B]C(=O)NC(CCCCCC=C)C(=O)N1C[C@H](Oc2ccnc3cc(OC)ccc23)C[C@H]1C(=O)N[C@]1(C(=O)NS(=O)(=O)C2CC2)CC1C=C. The number of amides is 4. The molecule has 2 aliphatic carbocycles. The van der Waals surface area contributed by atoms with Gasteiger partial charge in [-0.1, -0.05) is 25.0 Å². The van der Waals surface area contributed by atoms with Crippen LogP contribution >= 0.6 is 0 Å². The van der Waals surface area contributed by atoms with Gasteiger partial charge in [0, 0.05) is 30.0 Å². The van der Waals surface area contributed by atoms with Gasteiger partial charge in [0.15, 0.2) is 5.81 Å². The second kappa shape index (κ2) is 15.0. The van der Waals surface area contributed by atoms with Crippen molar-refractivity contribution in [3.8, 4) is 11.5 Å². The van der Waals surface area contributed by atoms with Crippen LogP contribution in [0.4, 0.5) is 4.79 Å². The first kappa shape index (κ1) is 35.9. The van der Waals surface area contributed by atoms with E-state index in [-0.39, 0.29) is 25.8 Å². The smallest absolute Gasteiger partial charge is 0.259 e. The molecule has 15 heteroatoms. The minimum absolute atomic E-state index is 0.00948. The lowest BCUT2D eigenvalue weighted by molar-refractivity contribution is -0.141. The Balaban J connectivity index is 1.40. The molecule has 2 aromatic rings. The lowest BCUT2D eigenvalue weighted by Gasteiger charge is -2.30. The highest BCUT2D eigenvalue weighted by molar-refractivity contribution is 7.91. The van der Waals surface area contributed by atoms with Crippen LogP contribution in [0, 0.1) is 5.92 Å². The van der Waals surface area contributed by atoms with Crippen molar-refractivity contribution in [3.05, 3.63) is 55.8 Å². The molecule has 1 aromatic heterocycles. The number of hydrogen-bond donors (Lipinski definition) is 3. The first-order chi connectivity index (χ1) is 23.4. The number of nitrogens with one attached hydrogen (secondary N) is 3. The number of methoxy groups -OCH3 is 1. The molecule has 3 aliphatic rings. The maximum atomic E-state index is 14.1. The fraction of sp³-hybridized carbons (Fsp3) is 0.500. The number of aromatic nitrogens is 1. The third-order valence-corrected chi connectivity index (χ3v) is 11.1. The Hall–Kier alpha value is -4.40. The first-order valence-electron chi connectivity index (χ1n) is 16.5. The summed E-state index contributed by atoms with van der Waals surface area (Å²) in [6.45, 7) is 7.46. The van der Waals surface area contributed by atoms with Crippen molar-refractivity contribution in [1.82, 2.24) is 25.2 Å². The lowest BCUT2D eigenvalue weighted by Crippen LogP contribution is -2.58. The molecule has 1 aromatic carbocycles. The molecule has 3 N–H and O–H groups in total. The van der Waals surface area contributed by atoms with E-state index in [1.807, 2.05) is 6.08 Å². The van der Waals surface area contributed by atoms with E-state index in [4.69, 9.17) is 17.3 Å². The fourth-order valence-electron chi connectivity index (χ4n) is 6.35. The number of unbranched alkanes of at least 4 members (excludes halogenated alkanes) is 3. The number of likely N-dealkylation sites (tertiary alicyclic amines) is 1. The van der Waals surface area contributed by atoms with Gasteiger partial charge >= 0.3 is 0 Å². The molecule has 2 saturated carbocycles. The molecule has 260 valence electrons. The van der Waals surface area contributed by atoms with Crippen molar-refractivity contribution in [3.63, 3.8) is 0 Å². The molecule has 2 unspecified atom stereocenters. The van der Waals surface area contributed by atoms with Gasteiger partial charge in [0.2, 0.25) is 29.7 Å². The normalized spacial score (nSPS) is 23.6. The van der Waals surface area contributed by atoms with Crippen LogP contribution in [0.1, 0.15) is 57.8 Å². The quantitative estimate of drug-likeness (QED) is 0.128. The highest BCUT2D eigenvalue weighted by Gasteiger charge is 2.62. The minimum Gasteiger partial charge on any atom is -0.497 e. The molecular formula is C34H42BN5O8S. The summed E-state index contributed by atoms with van der Waals surface area (Å²) in [5.74, 6) is -2.31. The number of nitrogens with zero attached hydrogens (tertiary/aromatic N) is 2. The van der Waals surface area contributed by atoms with Crippen molar-refractivity contribution in [2.45, 2.75) is 86.8 Å². The Kier molecular flexibility index (Phi) is 11.0. The van der Waals surface area contributed by atoms with Crippen molar-refractivity contribution in [1.29, 1.82) is 0 Å². The van der Waals surface area contributed by atoms with Crippen molar-refractivity contribution in [2.75, 3.05) is 13.7 Å². The van der Waals surface area contributed by atoms with E-state index >= 15 is 0 Å². The average Bonchev–Trinajstić information content (AvgIpc) is 4.00. The third kappa shape index (κ3) is 8.26. The number of rotatable bonds is 17. The molecule has 1 aliphatic heterocycles. The van der Waals surface area contributed by atoms with Crippen LogP contribution in [0.2, 0.25) is 0 Å². The number of allylic oxidation sites excluding steroid dienone is 1. The summed E-state index contributed by atoms with van der Waals surface area (Å²) in [6.07, 6.45) is 8.72. The highest BCUT2D eigenvalue weighted by Crippen LogP contribution is 2.45. The molecule has 0 bridgehead atoms. The molecule has 0 spiro atoms. The van der Waals surface area contributed by atoms with Gasteiger partial charge in [0.25, 0.3) is 5.91 Å². The van der Waals surface area contributed by atoms with E-state index in [0.29, 0.717) is 41.7 Å². The van der Waals surface area contributed by atoms with Crippen molar-refractivity contribution in [2.24, 2.45) is 5.92 Å². The minimum atomic E-state index is -3.88. The van der Waals surface area contributed by atoms with Crippen LogP contribution in [-0.2, 0) is 24.4 Å². The Morgan fingerprint density at radius 2 is 1.94 bits per heavy atom. The van der Waals surface area contributed by atoms with Crippen LogP contribution in [0.5, 0.6) is 11.5 Å². The average molecular weight is 692 g/mol. The van der Waals surface area contributed by atoms with Gasteiger partial charge in [-0.05, 0) is 56.7 Å². The predicted octanol–water partition coefficient (Wildman–Crippen LogP) is 2.64. The number of benzene rings is 1. The molecule has 2 heterocycles. The summed E-state index contributed by atoms with van der Waals surface area (Å²) in [4.78, 5) is 59.3. The second-order valence-electron chi connectivity index (χ2n) is 12.8. The Labute approximate surface area is 287 Å². The van der Waals surface area contributed by atoms with Crippen LogP contribution in [-0.4, -0.2) is 92.3 Å². The third-order valence-electron chi connectivity index (χ3n) is 9.32. The number of carbonyl (C=O) groups excluding carboxylic acids is 4. The number of pyridine rings is 1. The summed E-state index contributed by atoms with van der Waals surface area (Å²) in [5, 5.41) is 5.36. The molecule has 5 rings (SSSR count). The van der Waals surface area contributed by atoms with Crippen LogP contribution in [0.3, 0.4) is 0 Å². The Morgan fingerprint density at radius 1 is 1.16 bits per heavy atom. The lowest BCUT2D eigenvalue weighted by atomic mass is 10.0. The molecular weight excluding hydrogens is 649 g/mol. The fourth-order valence-corrected chi connectivity index (χ4v) is 7.71. The highest BCUT2D eigenvalue weighted by atomic mass is 32.2. The van der Waals surface area contributed by atoms with Crippen molar-refractivity contribution < 1.29 is 37.1 Å². The van der Waals surface area contributed by atoms with Gasteiger partial charge in [0.05, 0.1) is 24.4 Å². The largest absolute Gasteiger partial charge is 0.497 e. The van der Waals surface area contributed by atoms with E-state index in [0.717, 1.165) is 19.3 Å². The predicted molar refractivity (Wildman–Crippen MR) is 183 cm³/mol. The van der Waals surface area contributed by atoms with E-state index in [2.05, 4.69) is 33.5 Å². The van der Waals surface area contributed by atoms with Crippen LogP contribution in [0.25, 0.3) is 10.9 Å². The standard InChI is InChI=1S/C34H42BN5O8S/c1-4-6-7-8-9-10-26(37-33(35)44)31(42)40-20-23(48-29-15-16-36-27-17-22(47-3)11-14-25(27)29)18-28(40)30(41)38-34(19-21(34)5-2)32(43)39-49(45,46)24-12-13-24/h4-5,11,14-17,21,23-24,26,28H,1-2,6-10,12-13,18-20H2,3H3,(H,37,44)(H,38,41)(H,39,43)/t21?,23-,26?,28+,34-/m1/s1. The molecule has 3 fully saturated rings. The number of hydrogen-bond acceptors (Lipinski definition) is 9. The van der Waals surface area contributed by atoms with E-state index in [9.17, 15) is 27.6 Å². The number of ether oxygens (including phenoxy) is 2. The molecule has 2 radical (unpaired) electrons. The van der Waals surface area contributed by atoms with Gasteiger partial charge in [-0.3, -0.25) is 28.9 Å². The summed E-state index contributed by atoms with van der Waals surface area (Å²) >= 11 is 0. The van der Waals surface area contributed by atoms with Gasteiger partial charge in [-0.25, -0.2) is 8.42 Å². The zero-order chi connectivity index (χ0) is 35.3. The molecule has 4 amide bonds. The van der Waals surface area contributed by atoms with Gasteiger partial charge in [0.1, 0.15) is 35.2 Å². The van der Waals surface area contributed by atoms with Gasteiger partial charge in [-0.2, -0.15) is 0 Å². The molecule has 1 saturated heterocycles. The summed E-state index contributed by atoms with van der Waals surface area (Å²) in [6, 6.07) is 4.90. The van der Waals surface area contributed by atoms with E-state index in [1.54, 1.807) is 37.6 Å². The van der Waals surface area contributed by atoms with Gasteiger partial charge < -0.3 is 25.0 Å². The topological polar surface area (TPSA) is 173 Å². The number of sulfonamides is 1. The number of fused-ring (bicyclic) bond motifs is 1. The van der Waals surface area contributed by atoms with Crippen LogP contribution in [0.15, 0.2) is 55.8 Å². The zero-order valence-corrected chi connectivity index (χ0v) is 28.4. The Bertz CT molecular complexity index is 1730. The molecule has 49 heavy (non-hydrogen) atoms. The summed E-state index contributed by atoms with van der Waals surface area (Å²) in [5.41, 5.74) is -0.914. The second-order valence-corrected chi connectivity index (χ2v) is 14.8. The monoisotopic (exact) mass is 691 g/mol. The van der Waals surface area contributed by atoms with E-state index < -0.39 is 68.4 Å². The summed E-state index contributed by atoms with van der Waals surface area (Å²) < 4.78 is 39.1. The first-order valence-corrected chi connectivity index (χ1v) is 18.0. The maximum Gasteiger partial charge on any atom is 0.259 e. The van der Waals surface area contributed by atoms with Gasteiger partial charge in [-0.15, -0.1) is 13.2 Å². The maximum absolute atomic E-state index is 14.1. The Morgan fingerprint density at radius 3 is 2.59 bits per heavy atom. The van der Waals surface area contributed by atoms with E-state index in [1.165, 1.54) is 11.0 Å². The van der Waals surface area contributed by atoms with Crippen LogP contribution < -0.4 is 24.8 Å². The molecule has 5 atom stereocenters. The summed E-state index contributed by atoms with van der Waals surface area (Å²) in [7, 11) is 3.12. The zero-order valence-electron chi connectivity index (χ0n) is 27.6.